The summed E-state index contributed by atoms with van der Waals surface area (Å²) in [4.78, 5) is 10.1. The molecule has 0 radical (unpaired) electrons. The lowest BCUT2D eigenvalue weighted by Crippen LogP contribution is -2.05. The summed E-state index contributed by atoms with van der Waals surface area (Å²) in [5, 5.41) is 10.1. The molecule has 0 aliphatic rings. The molecular weight excluding hydrogens is 304 g/mol. The number of aryl methyl sites for hydroxylation is 2. The molecule has 0 unspecified atom stereocenters. The van der Waals surface area contributed by atoms with Crippen molar-refractivity contribution in [3.63, 3.8) is 0 Å². The average Bonchev–Trinajstić information content (AvgIpc) is 3.04. The molecule has 0 saturated heterocycles. The lowest BCUT2D eigenvalue weighted by Gasteiger charge is -2.06. The Labute approximate surface area is 131 Å². The van der Waals surface area contributed by atoms with Crippen LogP contribution in [0.5, 0.6) is 0 Å². The highest BCUT2D eigenvalue weighted by Crippen LogP contribution is 2.22. The van der Waals surface area contributed by atoms with Gasteiger partial charge in [0.25, 0.3) is 0 Å². The van der Waals surface area contributed by atoms with Crippen molar-refractivity contribution in [2.75, 3.05) is 5.88 Å². The van der Waals surface area contributed by atoms with E-state index in [4.69, 9.17) is 16.9 Å². The average molecular weight is 317 g/mol. The van der Waals surface area contributed by atoms with Gasteiger partial charge in [-0.2, -0.15) is 5.26 Å². The third-order valence-electron chi connectivity index (χ3n) is 3.26. The van der Waals surface area contributed by atoms with Gasteiger partial charge in [-0.25, -0.2) is 9.97 Å². The highest BCUT2D eigenvalue weighted by atomic mass is 35.5. The second-order valence-electron chi connectivity index (χ2n) is 4.71. The normalized spacial score (nSPS) is 10.9. The summed E-state index contributed by atoms with van der Waals surface area (Å²) in [6.45, 7) is 2.71. The lowest BCUT2D eigenvalue weighted by atomic mass is 10.2. The Hall–Kier alpha value is -1.90. The summed E-state index contributed by atoms with van der Waals surface area (Å²) in [5.41, 5.74) is 2.51. The highest BCUT2D eigenvalue weighted by Gasteiger charge is 2.12. The number of hydrogen-bond donors (Lipinski definition) is 0. The molecule has 0 bridgehead atoms. The van der Waals surface area contributed by atoms with Gasteiger partial charge < -0.3 is 4.57 Å². The van der Waals surface area contributed by atoms with E-state index < -0.39 is 0 Å². The maximum Gasteiger partial charge on any atom is 0.111 e. The van der Waals surface area contributed by atoms with E-state index >= 15 is 0 Å². The number of imidazole rings is 1. The Morgan fingerprint density at radius 3 is 2.95 bits per heavy atom. The first-order chi connectivity index (χ1) is 10.2. The quantitative estimate of drug-likeness (QED) is 0.692. The first-order valence-electron chi connectivity index (χ1n) is 6.58. The van der Waals surface area contributed by atoms with Gasteiger partial charge in [-0.3, -0.25) is 0 Å². The zero-order valence-electron chi connectivity index (χ0n) is 11.5. The number of halogens is 1. The number of hydrogen-bond acceptors (Lipinski definition) is 4. The molecule has 2 aromatic heterocycles. The van der Waals surface area contributed by atoms with Crippen molar-refractivity contribution in [3.05, 3.63) is 45.7 Å². The molecule has 4 nitrogen and oxygen atoms in total. The van der Waals surface area contributed by atoms with Crippen molar-refractivity contribution in [1.82, 2.24) is 14.5 Å². The Kier molecular flexibility index (Phi) is 3.91. The highest BCUT2D eigenvalue weighted by molar-refractivity contribution is 7.11. The lowest BCUT2D eigenvalue weighted by molar-refractivity contribution is 0.762. The predicted octanol–water partition coefficient (Wildman–Crippen LogP) is 3.50. The first-order valence-corrected chi connectivity index (χ1v) is 7.93. The van der Waals surface area contributed by atoms with Crippen LogP contribution in [-0.2, 0) is 13.0 Å². The second-order valence-corrected chi connectivity index (χ2v) is 6.41. The number of aromatic nitrogens is 3. The topological polar surface area (TPSA) is 54.5 Å². The van der Waals surface area contributed by atoms with Gasteiger partial charge in [0, 0.05) is 23.4 Å². The van der Waals surface area contributed by atoms with Crippen molar-refractivity contribution in [1.29, 1.82) is 5.26 Å². The number of thiazole rings is 1. The minimum absolute atomic E-state index is 0.524. The van der Waals surface area contributed by atoms with Crippen LogP contribution in [0.25, 0.3) is 11.0 Å². The Bertz CT molecular complexity index is 828. The Balaban J connectivity index is 2.12. The summed E-state index contributed by atoms with van der Waals surface area (Å²) < 4.78 is 2.13. The van der Waals surface area contributed by atoms with Crippen LogP contribution in [0.2, 0.25) is 0 Å². The number of nitrogens with zero attached hydrogens (tertiary/aromatic N) is 4. The van der Waals surface area contributed by atoms with Gasteiger partial charge >= 0.3 is 0 Å². The van der Waals surface area contributed by atoms with E-state index in [0.29, 0.717) is 24.4 Å². The number of rotatable bonds is 4. The number of benzene rings is 1. The largest absolute Gasteiger partial charge is 0.323 e. The molecule has 0 saturated carbocycles. The van der Waals surface area contributed by atoms with Gasteiger partial charge in [0.15, 0.2) is 0 Å². The minimum Gasteiger partial charge on any atom is -0.323 e. The monoisotopic (exact) mass is 316 g/mol. The molecule has 21 heavy (non-hydrogen) atoms. The van der Waals surface area contributed by atoms with Gasteiger partial charge in [0.05, 0.1) is 34.2 Å². The fourth-order valence-corrected chi connectivity index (χ4v) is 3.28. The molecule has 0 aliphatic carbocycles. The van der Waals surface area contributed by atoms with Crippen LogP contribution in [0.4, 0.5) is 0 Å². The molecule has 1 aromatic carbocycles. The molecular formula is C15H13ClN4S. The molecule has 3 aromatic rings. The van der Waals surface area contributed by atoms with E-state index in [9.17, 15) is 0 Å². The molecule has 0 fully saturated rings. The SMILES string of the molecule is Cc1ncc(Cn2c(CCCl)nc3ccc(C#N)cc32)s1. The maximum absolute atomic E-state index is 9.08. The number of alkyl halides is 1. The molecule has 0 spiro atoms. The standard InChI is InChI=1S/C15H13ClN4S/c1-10-18-8-12(21-10)9-20-14-6-11(7-17)2-3-13(14)19-15(20)4-5-16/h2-3,6,8H,4-5,9H2,1H3. The van der Waals surface area contributed by atoms with Crippen molar-refractivity contribution >= 4 is 34.0 Å². The van der Waals surface area contributed by atoms with Crippen LogP contribution in [0.3, 0.4) is 0 Å². The van der Waals surface area contributed by atoms with E-state index in [0.717, 1.165) is 21.9 Å². The molecule has 0 aliphatic heterocycles. The van der Waals surface area contributed by atoms with Crippen molar-refractivity contribution in [3.8, 4) is 6.07 Å². The smallest absolute Gasteiger partial charge is 0.111 e. The van der Waals surface area contributed by atoms with E-state index in [1.807, 2.05) is 25.3 Å². The maximum atomic E-state index is 9.08. The van der Waals surface area contributed by atoms with Crippen LogP contribution in [0.15, 0.2) is 24.4 Å². The molecule has 3 rings (SSSR count). The van der Waals surface area contributed by atoms with Gasteiger partial charge in [0.1, 0.15) is 5.82 Å². The first kappa shape index (κ1) is 14.1. The third kappa shape index (κ3) is 2.78. The second kappa shape index (κ2) is 5.84. The fraction of sp³-hybridized carbons (Fsp3) is 0.267. The minimum atomic E-state index is 0.524. The van der Waals surface area contributed by atoms with E-state index in [1.165, 1.54) is 4.88 Å². The Morgan fingerprint density at radius 2 is 2.29 bits per heavy atom. The van der Waals surface area contributed by atoms with Crippen molar-refractivity contribution in [2.45, 2.75) is 19.9 Å². The molecule has 106 valence electrons. The summed E-state index contributed by atoms with van der Waals surface area (Å²) >= 11 is 7.56. The van der Waals surface area contributed by atoms with Crippen molar-refractivity contribution in [2.24, 2.45) is 0 Å². The van der Waals surface area contributed by atoms with Crippen LogP contribution in [0, 0.1) is 18.3 Å². The molecule has 0 amide bonds. The van der Waals surface area contributed by atoms with E-state index in [-0.39, 0.29) is 0 Å². The number of nitriles is 1. The zero-order chi connectivity index (χ0) is 14.8. The molecule has 0 N–H and O–H groups in total. The van der Waals surface area contributed by atoms with Gasteiger partial charge in [-0.15, -0.1) is 22.9 Å². The van der Waals surface area contributed by atoms with Gasteiger partial charge in [-0.05, 0) is 25.1 Å². The number of fused-ring (bicyclic) bond motifs is 1. The van der Waals surface area contributed by atoms with Gasteiger partial charge in [0.2, 0.25) is 0 Å². The molecule has 2 heterocycles. The van der Waals surface area contributed by atoms with Crippen LogP contribution < -0.4 is 0 Å². The van der Waals surface area contributed by atoms with E-state index in [1.54, 1.807) is 17.4 Å². The predicted molar refractivity (Wildman–Crippen MR) is 84.8 cm³/mol. The Morgan fingerprint density at radius 1 is 1.43 bits per heavy atom. The fourth-order valence-electron chi connectivity index (χ4n) is 2.33. The van der Waals surface area contributed by atoms with Gasteiger partial charge in [-0.1, -0.05) is 0 Å². The summed E-state index contributed by atoms with van der Waals surface area (Å²) in [7, 11) is 0. The third-order valence-corrected chi connectivity index (χ3v) is 4.34. The van der Waals surface area contributed by atoms with E-state index in [2.05, 4.69) is 20.6 Å². The molecule has 6 heteroatoms. The summed E-state index contributed by atoms with van der Waals surface area (Å²) in [5.74, 6) is 1.47. The van der Waals surface area contributed by atoms with Crippen LogP contribution in [-0.4, -0.2) is 20.4 Å². The summed E-state index contributed by atoms with van der Waals surface area (Å²) in [6.07, 6.45) is 2.60. The summed E-state index contributed by atoms with van der Waals surface area (Å²) in [6, 6.07) is 7.74. The van der Waals surface area contributed by atoms with Crippen LogP contribution in [0.1, 0.15) is 21.3 Å². The van der Waals surface area contributed by atoms with Crippen molar-refractivity contribution < 1.29 is 0 Å². The zero-order valence-corrected chi connectivity index (χ0v) is 13.1. The van der Waals surface area contributed by atoms with Crippen LogP contribution >= 0.6 is 22.9 Å². The molecule has 0 atom stereocenters.